The third-order valence-electron chi connectivity index (χ3n) is 2.54. The quantitative estimate of drug-likeness (QED) is 0.886. The summed E-state index contributed by atoms with van der Waals surface area (Å²) < 4.78 is 25.6. The summed E-state index contributed by atoms with van der Waals surface area (Å²) in [7, 11) is -2.13. The van der Waals surface area contributed by atoms with Gasteiger partial charge in [-0.1, -0.05) is 24.3 Å². The number of nitrogens with one attached hydrogen (secondary N) is 1. The zero-order valence-electron chi connectivity index (χ0n) is 9.71. The van der Waals surface area contributed by atoms with Crippen LogP contribution in [0, 0.1) is 6.07 Å². The molecule has 0 amide bonds. The van der Waals surface area contributed by atoms with Gasteiger partial charge >= 0.3 is 0 Å². The van der Waals surface area contributed by atoms with Gasteiger partial charge in [0, 0.05) is 5.56 Å². The molecule has 0 atom stereocenters. The average molecular weight is 262 g/mol. The molecular weight excluding hydrogens is 250 g/mol. The molecule has 2 aromatic carbocycles. The van der Waals surface area contributed by atoms with Crippen LogP contribution in [0.1, 0.15) is 0 Å². The van der Waals surface area contributed by atoms with Crippen LogP contribution >= 0.6 is 0 Å². The summed E-state index contributed by atoms with van der Waals surface area (Å²) in [6.07, 6.45) is 0. The van der Waals surface area contributed by atoms with Crippen molar-refractivity contribution >= 4 is 10.0 Å². The van der Waals surface area contributed by atoms with Crippen LogP contribution < -0.4 is 4.72 Å². The Morgan fingerprint density at radius 3 is 2.67 bits per heavy atom. The van der Waals surface area contributed by atoms with Gasteiger partial charge in [0.25, 0.3) is 0 Å². The van der Waals surface area contributed by atoms with Crippen molar-refractivity contribution in [3.63, 3.8) is 0 Å². The van der Waals surface area contributed by atoms with Gasteiger partial charge in [-0.15, -0.1) is 0 Å². The minimum absolute atomic E-state index is 0.0662. The molecule has 2 rings (SSSR count). The Kier molecular flexibility index (Phi) is 3.36. The molecule has 18 heavy (non-hydrogen) atoms. The average Bonchev–Trinajstić information content (AvgIpc) is 2.39. The number of phenols is 1. The van der Waals surface area contributed by atoms with E-state index >= 15 is 0 Å². The first-order chi connectivity index (χ1) is 8.54. The van der Waals surface area contributed by atoms with Crippen LogP contribution in [0.15, 0.2) is 47.4 Å². The van der Waals surface area contributed by atoms with Crippen molar-refractivity contribution in [2.24, 2.45) is 0 Å². The molecule has 0 saturated heterocycles. The van der Waals surface area contributed by atoms with Crippen molar-refractivity contribution in [2.45, 2.75) is 4.90 Å². The number of sulfonamides is 1. The summed E-state index contributed by atoms with van der Waals surface area (Å²) in [6, 6.07) is 14.1. The highest BCUT2D eigenvalue weighted by Crippen LogP contribution is 2.29. The van der Waals surface area contributed by atoms with E-state index in [0.717, 1.165) is 0 Å². The molecule has 0 aromatic heterocycles. The Labute approximate surface area is 106 Å². The standard InChI is InChI=1S/C13H12NO3S/c1-14-18(16,17)11-6-4-5-10(9-11)12-7-2-3-8-13(12)15/h2-6,8-9,14-15H,1H3. The highest BCUT2D eigenvalue weighted by atomic mass is 32.2. The van der Waals surface area contributed by atoms with Gasteiger partial charge in [-0.3, -0.25) is 0 Å². The third-order valence-corrected chi connectivity index (χ3v) is 3.95. The Morgan fingerprint density at radius 2 is 2.00 bits per heavy atom. The summed E-state index contributed by atoms with van der Waals surface area (Å²) in [5, 5.41) is 9.72. The van der Waals surface area contributed by atoms with Gasteiger partial charge < -0.3 is 5.11 Å². The topological polar surface area (TPSA) is 66.4 Å². The lowest BCUT2D eigenvalue weighted by atomic mass is 10.1. The van der Waals surface area contributed by atoms with Gasteiger partial charge in [0.1, 0.15) is 5.75 Å². The molecule has 2 aromatic rings. The van der Waals surface area contributed by atoms with E-state index in [9.17, 15) is 13.5 Å². The number of aromatic hydroxyl groups is 1. The predicted octanol–water partition coefficient (Wildman–Crippen LogP) is 1.77. The van der Waals surface area contributed by atoms with Crippen molar-refractivity contribution < 1.29 is 13.5 Å². The lowest BCUT2D eigenvalue weighted by Gasteiger charge is -2.07. The van der Waals surface area contributed by atoms with E-state index < -0.39 is 10.0 Å². The minimum Gasteiger partial charge on any atom is -0.507 e. The van der Waals surface area contributed by atoms with Crippen molar-refractivity contribution in [2.75, 3.05) is 7.05 Å². The molecule has 0 aliphatic heterocycles. The molecule has 5 heteroatoms. The Bertz CT molecular complexity index is 665. The molecule has 0 unspecified atom stereocenters. The molecule has 93 valence electrons. The zero-order chi connectivity index (χ0) is 13.2. The smallest absolute Gasteiger partial charge is 0.240 e. The fraction of sp³-hybridized carbons (Fsp3) is 0.0769. The predicted molar refractivity (Wildman–Crippen MR) is 68.6 cm³/mol. The van der Waals surface area contributed by atoms with Gasteiger partial charge in [0.15, 0.2) is 0 Å². The fourth-order valence-corrected chi connectivity index (χ4v) is 2.37. The molecule has 0 heterocycles. The third kappa shape index (κ3) is 2.37. The summed E-state index contributed by atoms with van der Waals surface area (Å²) in [4.78, 5) is 0.152. The molecule has 0 aliphatic rings. The Balaban J connectivity index is 2.56. The summed E-state index contributed by atoms with van der Waals surface area (Å²) >= 11 is 0. The number of benzene rings is 2. The van der Waals surface area contributed by atoms with Crippen molar-refractivity contribution in [3.05, 3.63) is 48.5 Å². The molecule has 0 aliphatic carbocycles. The van der Waals surface area contributed by atoms with Crippen molar-refractivity contribution in [1.29, 1.82) is 0 Å². The molecule has 2 N–H and O–H groups in total. The van der Waals surface area contributed by atoms with E-state index in [1.165, 1.54) is 25.2 Å². The van der Waals surface area contributed by atoms with Crippen LogP contribution in [0.2, 0.25) is 0 Å². The molecule has 0 fully saturated rings. The molecule has 1 radical (unpaired) electrons. The zero-order valence-corrected chi connectivity index (χ0v) is 10.5. The van der Waals surface area contributed by atoms with Gasteiger partial charge in [-0.2, -0.15) is 0 Å². The summed E-state index contributed by atoms with van der Waals surface area (Å²) in [5.74, 6) is 0.0662. The van der Waals surface area contributed by atoms with E-state index in [2.05, 4.69) is 10.8 Å². The highest BCUT2D eigenvalue weighted by molar-refractivity contribution is 7.89. The second-order valence-corrected chi connectivity index (χ2v) is 5.55. The maximum atomic E-state index is 11.7. The van der Waals surface area contributed by atoms with Gasteiger partial charge in [0.2, 0.25) is 10.0 Å². The Morgan fingerprint density at radius 1 is 1.22 bits per heavy atom. The highest BCUT2D eigenvalue weighted by Gasteiger charge is 2.12. The van der Waals surface area contributed by atoms with E-state index in [1.54, 1.807) is 24.3 Å². The van der Waals surface area contributed by atoms with Gasteiger partial charge in [-0.05, 0) is 36.9 Å². The first-order valence-corrected chi connectivity index (χ1v) is 6.76. The maximum Gasteiger partial charge on any atom is 0.240 e. The normalized spacial score (nSPS) is 11.4. The van der Waals surface area contributed by atoms with Gasteiger partial charge in [-0.25, -0.2) is 13.1 Å². The maximum absolute atomic E-state index is 11.7. The summed E-state index contributed by atoms with van der Waals surface area (Å²) in [5.41, 5.74) is 1.08. The van der Waals surface area contributed by atoms with E-state index in [-0.39, 0.29) is 10.6 Å². The number of hydrogen-bond donors (Lipinski definition) is 2. The lowest BCUT2D eigenvalue weighted by molar-refractivity contribution is 0.477. The summed E-state index contributed by atoms with van der Waals surface area (Å²) in [6.45, 7) is 0. The van der Waals surface area contributed by atoms with Crippen molar-refractivity contribution in [3.8, 4) is 16.9 Å². The van der Waals surface area contributed by atoms with Crippen LogP contribution in [0.25, 0.3) is 11.1 Å². The van der Waals surface area contributed by atoms with E-state index in [4.69, 9.17) is 0 Å². The van der Waals surface area contributed by atoms with Gasteiger partial charge in [0.05, 0.1) is 4.90 Å². The molecule has 4 nitrogen and oxygen atoms in total. The SMILES string of the molecule is CNS(=O)(=O)c1cccc(-c2[c]cccc2O)c1. The first kappa shape index (κ1) is 12.6. The number of phenolic OH excluding ortho intramolecular Hbond substituents is 1. The minimum atomic E-state index is -3.49. The van der Waals surface area contributed by atoms with Crippen LogP contribution in [-0.2, 0) is 10.0 Å². The van der Waals surface area contributed by atoms with E-state index in [0.29, 0.717) is 11.1 Å². The number of hydrogen-bond acceptors (Lipinski definition) is 3. The fourth-order valence-electron chi connectivity index (χ4n) is 1.60. The van der Waals surface area contributed by atoms with E-state index in [1.807, 2.05) is 0 Å². The van der Waals surface area contributed by atoms with Crippen LogP contribution in [-0.4, -0.2) is 20.6 Å². The second-order valence-electron chi connectivity index (χ2n) is 3.67. The number of rotatable bonds is 3. The lowest BCUT2D eigenvalue weighted by Crippen LogP contribution is -2.18. The van der Waals surface area contributed by atoms with Crippen molar-refractivity contribution in [1.82, 2.24) is 4.72 Å². The monoisotopic (exact) mass is 262 g/mol. The first-order valence-electron chi connectivity index (χ1n) is 5.28. The van der Waals surface area contributed by atoms with Crippen LogP contribution in [0.3, 0.4) is 0 Å². The molecular formula is C13H12NO3S. The molecule has 0 spiro atoms. The Hall–Kier alpha value is -1.85. The van der Waals surface area contributed by atoms with Crippen LogP contribution in [0.4, 0.5) is 0 Å². The largest absolute Gasteiger partial charge is 0.507 e. The second kappa shape index (κ2) is 4.80. The van der Waals surface area contributed by atoms with Crippen LogP contribution in [0.5, 0.6) is 5.75 Å². The molecule has 0 saturated carbocycles. The molecule has 0 bridgehead atoms.